The van der Waals surface area contributed by atoms with Gasteiger partial charge in [-0.05, 0) is 30.9 Å². The first kappa shape index (κ1) is 17.5. The van der Waals surface area contributed by atoms with Crippen LogP contribution in [0, 0.1) is 5.92 Å². The van der Waals surface area contributed by atoms with E-state index < -0.39 is 6.10 Å². The number of hydrogen-bond acceptors (Lipinski definition) is 2. The van der Waals surface area contributed by atoms with Crippen LogP contribution in [0.15, 0.2) is 30.3 Å². The summed E-state index contributed by atoms with van der Waals surface area (Å²) in [7, 11) is 0. The number of para-hydroxylation sites is 1. The zero-order chi connectivity index (χ0) is 15.5. The molecule has 2 atom stereocenters. The normalized spacial score (nSPS) is 13.5. The molecule has 3 nitrogen and oxygen atoms in total. The molecule has 0 aliphatic carbocycles. The fourth-order valence-corrected chi connectivity index (χ4v) is 2.29. The summed E-state index contributed by atoms with van der Waals surface area (Å²) >= 11 is 0. The zero-order valence-electron chi connectivity index (χ0n) is 13.6. The summed E-state index contributed by atoms with van der Waals surface area (Å²) in [5.74, 6) is 1.32. The third-order valence-corrected chi connectivity index (χ3v) is 3.79. The zero-order valence-corrected chi connectivity index (χ0v) is 13.6. The van der Waals surface area contributed by atoms with Gasteiger partial charge in [0.25, 0.3) is 5.91 Å². The first-order valence-electron chi connectivity index (χ1n) is 8.20. The summed E-state index contributed by atoms with van der Waals surface area (Å²) in [6, 6.07) is 9.53. The highest BCUT2D eigenvalue weighted by molar-refractivity contribution is 5.81. The van der Waals surface area contributed by atoms with E-state index in [1.165, 1.54) is 19.3 Å². The maximum atomic E-state index is 12.2. The highest BCUT2D eigenvalue weighted by Crippen LogP contribution is 2.14. The number of hydrogen-bond donors (Lipinski definition) is 1. The van der Waals surface area contributed by atoms with Gasteiger partial charge in [0.05, 0.1) is 0 Å². The Morgan fingerprint density at radius 3 is 2.43 bits per heavy atom. The molecule has 0 bridgehead atoms. The topological polar surface area (TPSA) is 38.3 Å². The van der Waals surface area contributed by atoms with Crippen molar-refractivity contribution in [3.8, 4) is 5.75 Å². The van der Waals surface area contributed by atoms with E-state index in [9.17, 15) is 4.79 Å². The Morgan fingerprint density at radius 2 is 1.86 bits per heavy atom. The average Bonchev–Trinajstić information content (AvgIpc) is 2.53. The van der Waals surface area contributed by atoms with E-state index in [0.717, 1.165) is 18.7 Å². The monoisotopic (exact) mass is 291 g/mol. The largest absolute Gasteiger partial charge is 0.481 e. The summed E-state index contributed by atoms with van der Waals surface area (Å²) in [6.07, 6.45) is 4.99. The molecule has 0 saturated carbocycles. The Morgan fingerprint density at radius 1 is 1.14 bits per heavy atom. The van der Waals surface area contributed by atoms with Crippen LogP contribution in [-0.4, -0.2) is 18.6 Å². The predicted molar refractivity (Wildman–Crippen MR) is 87.5 cm³/mol. The number of benzene rings is 1. The van der Waals surface area contributed by atoms with Crippen LogP contribution in [0.1, 0.15) is 52.9 Å². The van der Waals surface area contributed by atoms with Gasteiger partial charge in [-0.2, -0.15) is 0 Å². The van der Waals surface area contributed by atoms with Crippen LogP contribution >= 0.6 is 0 Å². The van der Waals surface area contributed by atoms with Crippen molar-refractivity contribution in [1.82, 2.24) is 5.32 Å². The Hall–Kier alpha value is -1.51. The van der Waals surface area contributed by atoms with E-state index in [2.05, 4.69) is 19.2 Å². The van der Waals surface area contributed by atoms with Crippen molar-refractivity contribution in [3.63, 3.8) is 0 Å². The molecular formula is C18H29NO2. The molecule has 0 aromatic heterocycles. The number of nitrogens with one attached hydrogen (secondary N) is 1. The number of amides is 1. The number of carbonyl (C=O) groups is 1. The van der Waals surface area contributed by atoms with Gasteiger partial charge in [-0.25, -0.2) is 0 Å². The predicted octanol–water partition coefficient (Wildman–Crippen LogP) is 4.18. The van der Waals surface area contributed by atoms with Crippen molar-refractivity contribution >= 4 is 5.91 Å². The number of unbranched alkanes of at least 4 members (excludes halogenated alkanes) is 1. The van der Waals surface area contributed by atoms with Gasteiger partial charge < -0.3 is 10.1 Å². The maximum absolute atomic E-state index is 12.2. The molecule has 1 N–H and O–H groups in total. The molecule has 0 unspecified atom stereocenters. The van der Waals surface area contributed by atoms with Gasteiger partial charge in [0.2, 0.25) is 0 Å². The number of rotatable bonds is 10. The fourth-order valence-electron chi connectivity index (χ4n) is 2.29. The van der Waals surface area contributed by atoms with Gasteiger partial charge >= 0.3 is 0 Å². The minimum absolute atomic E-state index is 0.00342. The Kier molecular flexibility index (Phi) is 8.56. The Balaban J connectivity index is 2.43. The van der Waals surface area contributed by atoms with Crippen molar-refractivity contribution < 1.29 is 9.53 Å². The highest BCUT2D eigenvalue weighted by atomic mass is 16.5. The highest BCUT2D eigenvalue weighted by Gasteiger charge is 2.19. The van der Waals surface area contributed by atoms with Crippen LogP contribution < -0.4 is 10.1 Å². The second-order valence-electron chi connectivity index (χ2n) is 5.49. The minimum atomic E-state index is -0.406. The molecule has 0 spiro atoms. The van der Waals surface area contributed by atoms with Crippen molar-refractivity contribution in [2.45, 2.75) is 59.0 Å². The first-order chi connectivity index (χ1) is 10.2. The van der Waals surface area contributed by atoms with Crippen molar-refractivity contribution in [2.75, 3.05) is 6.54 Å². The van der Waals surface area contributed by atoms with Crippen molar-refractivity contribution in [2.24, 2.45) is 5.92 Å². The lowest BCUT2D eigenvalue weighted by Crippen LogP contribution is -2.40. The van der Waals surface area contributed by atoms with Gasteiger partial charge in [-0.1, -0.05) is 58.2 Å². The van der Waals surface area contributed by atoms with E-state index in [0.29, 0.717) is 12.3 Å². The lowest BCUT2D eigenvalue weighted by atomic mass is 9.99. The van der Waals surface area contributed by atoms with Gasteiger partial charge in [0.15, 0.2) is 6.10 Å². The summed E-state index contributed by atoms with van der Waals surface area (Å²) in [5.41, 5.74) is 0. The van der Waals surface area contributed by atoms with Gasteiger partial charge in [-0.3, -0.25) is 4.79 Å². The molecule has 1 aromatic rings. The third kappa shape index (κ3) is 6.65. The van der Waals surface area contributed by atoms with E-state index in [-0.39, 0.29) is 5.91 Å². The molecule has 0 aliphatic rings. The maximum Gasteiger partial charge on any atom is 0.261 e. The molecule has 0 heterocycles. The van der Waals surface area contributed by atoms with Crippen LogP contribution in [0.3, 0.4) is 0 Å². The molecule has 1 aromatic carbocycles. The third-order valence-electron chi connectivity index (χ3n) is 3.79. The van der Waals surface area contributed by atoms with E-state index in [1.807, 2.05) is 37.3 Å². The fraction of sp³-hybridized carbons (Fsp3) is 0.611. The summed E-state index contributed by atoms with van der Waals surface area (Å²) in [6.45, 7) is 7.11. The van der Waals surface area contributed by atoms with E-state index in [1.54, 1.807) is 0 Å². The van der Waals surface area contributed by atoms with Gasteiger partial charge in [0, 0.05) is 6.54 Å². The van der Waals surface area contributed by atoms with Crippen molar-refractivity contribution in [3.05, 3.63) is 30.3 Å². The van der Waals surface area contributed by atoms with E-state index in [4.69, 9.17) is 4.74 Å². The van der Waals surface area contributed by atoms with Crippen LogP contribution in [0.5, 0.6) is 5.75 Å². The van der Waals surface area contributed by atoms with Gasteiger partial charge in [-0.15, -0.1) is 0 Å². The second kappa shape index (κ2) is 10.3. The molecular weight excluding hydrogens is 262 g/mol. The molecule has 21 heavy (non-hydrogen) atoms. The van der Waals surface area contributed by atoms with Crippen LogP contribution in [0.25, 0.3) is 0 Å². The molecule has 0 fully saturated rings. The first-order valence-corrected chi connectivity index (χ1v) is 8.20. The lowest BCUT2D eigenvalue weighted by molar-refractivity contribution is -0.128. The van der Waals surface area contributed by atoms with Gasteiger partial charge in [0.1, 0.15) is 5.75 Å². The quantitative estimate of drug-likeness (QED) is 0.702. The summed E-state index contributed by atoms with van der Waals surface area (Å²) in [5, 5.41) is 3.05. The van der Waals surface area contributed by atoms with Crippen LogP contribution in [-0.2, 0) is 4.79 Å². The summed E-state index contributed by atoms with van der Waals surface area (Å²) < 4.78 is 5.76. The smallest absolute Gasteiger partial charge is 0.261 e. The van der Waals surface area contributed by atoms with E-state index >= 15 is 0 Å². The Bertz CT molecular complexity index is 391. The second-order valence-corrected chi connectivity index (χ2v) is 5.49. The molecule has 1 rings (SSSR count). The SMILES string of the molecule is CCCC[C@H](CC)CNC(=O)[C@H](CC)Oc1ccccc1. The minimum Gasteiger partial charge on any atom is -0.481 e. The summed E-state index contributed by atoms with van der Waals surface area (Å²) in [4.78, 5) is 12.2. The standard InChI is InChI=1S/C18H29NO2/c1-4-7-11-15(5-2)14-19-18(20)17(6-3)21-16-12-9-8-10-13-16/h8-10,12-13,15,17H,4-7,11,14H2,1-3H3,(H,19,20)/t15-,17-/m0/s1. The molecule has 1 amide bonds. The van der Waals surface area contributed by atoms with Crippen molar-refractivity contribution in [1.29, 1.82) is 0 Å². The number of carbonyl (C=O) groups excluding carboxylic acids is 1. The van der Waals surface area contributed by atoms with Crippen LogP contribution in [0.4, 0.5) is 0 Å². The molecule has 118 valence electrons. The van der Waals surface area contributed by atoms with Crippen LogP contribution in [0.2, 0.25) is 0 Å². The molecule has 0 aliphatic heterocycles. The molecule has 0 radical (unpaired) electrons. The number of ether oxygens (including phenoxy) is 1. The Labute approximate surface area is 129 Å². The molecule has 3 heteroatoms. The molecule has 0 saturated heterocycles. The lowest BCUT2D eigenvalue weighted by Gasteiger charge is -2.20. The average molecular weight is 291 g/mol.